The summed E-state index contributed by atoms with van der Waals surface area (Å²) in [6, 6.07) is 8.18. The lowest BCUT2D eigenvalue weighted by Crippen LogP contribution is -2.30. The first-order valence-electron chi connectivity index (χ1n) is 8.88. The van der Waals surface area contributed by atoms with Gasteiger partial charge in [-0.3, -0.25) is 4.90 Å². The number of hydrogen-bond acceptors (Lipinski definition) is 6. The number of nitrogens with zero attached hydrogens (tertiary/aromatic N) is 1. The highest BCUT2D eigenvalue weighted by atomic mass is 16.5. The second-order valence-corrected chi connectivity index (χ2v) is 6.47. The smallest absolute Gasteiger partial charge is 0.203 e. The van der Waals surface area contributed by atoms with E-state index in [9.17, 15) is 0 Å². The van der Waals surface area contributed by atoms with Gasteiger partial charge in [0.05, 0.1) is 35.5 Å². The Labute approximate surface area is 160 Å². The molecule has 0 fully saturated rings. The lowest BCUT2D eigenvalue weighted by molar-refractivity contribution is 0.243. The summed E-state index contributed by atoms with van der Waals surface area (Å²) < 4.78 is 27.2. The van der Waals surface area contributed by atoms with Crippen LogP contribution in [-0.2, 0) is 19.5 Å². The van der Waals surface area contributed by atoms with Crippen LogP contribution in [0.25, 0.3) is 0 Å². The van der Waals surface area contributed by atoms with Gasteiger partial charge in [0.2, 0.25) is 5.75 Å². The number of benzene rings is 2. The van der Waals surface area contributed by atoms with E-state index < -0.39 is 0 Å². The molecular formula is C21H27NO5. The van der Waals surface area contributed by atoms with Crippen LogP contribution in [0.4, 0.5) is 0 Å². The minimum atomic E-state index is 0.615. The number of methoxy groups -OCH3 is 5. The number of fused-ring (bicyclic) bond motifs is 1. The van der Waals surface area contributed by atoms with Gasteiger partial charge >= 0.3 is 0 Å². The summed E-state index contributed by atoms with van der Waals surface area (Å²) in [7, 11) is 8.23. The molecule has 0 aliphatic carbocycles. The van der Waals surface area contributed by atoms with Gasteiger partial charge in [-0.15, -0.1) is 0 Å². The summed E-state index contributed by atoms with van der Waals surface area (Å²) in [5, 5.41) is 0. The van der Waals surface area contributed by atoms with Crippen molar-refractivity contribution in [2.24, 2.45) is 0 Å². The lowest BCUT2D eigenvalue weighted by Gasteiger charge is -2.30. The van der Waals surface area contributed by atoms with Gasteiger partial charge in [0, 0.05) is 19.6 Å². The van der Waals surface area contributed by atoms with Gasteiger partial charge in [-0.2, -0.15) is 0 Å². The maximum atomic E-state index is 5.47. The summed E-state index contributed by atoms with van der Waals surface area (Å²) >= 11 is 0. The van der Waals surface area contributed by atoms with Crippen molar-refractivity contribution in [2.75, 3.05) is 42.1 Å². The van der Waals surface area contributed by atoms with E-state index >= 15 is 0 Å². The molecule has 0 unspecified atom stereocenters. The van der Waals surface area contributed by atoms with Gasteiger partial charge in [-0.25, -0.2) is 0 Å². The average Bonchev–Trinajstić information content (AvgIpc) is 2.71. The molecule has 0 saturated heterocycles. The minimum Gasteiger partial charge on any atom is -0.493 e. The third kappa shape index (κ3) is 3.90. The fraction of sp³-hybridized carbons (Fsp3) is 0.429. The molecule has 2 aromatic carbocycles. The highest BCUT2D eigenvalue weighted by molar-refractivity contribution is 5.54. The maximum Gasteiger partial charge on any atom is 0.203 e. The predicted octanol–water partition coefficient (Wildman–Crippen LogP) is 3.29. The van der Waals surface area contributed by atoms with Crippen molar-refractivity contribution in [1.82, 2.24) is 4.90 Å². The summed E-state index contributed by atoms with van der Waals surface area (Å²) in [5.74, 6) is 3.52. The van der Waals surface area contributed by atoms with E-state index in [4.69, 9.17) is 23.7 Å². The lowest BCUT2D eigenvalue weighted by atomic mass is 9.98. The van der Waals surface area contributed by atoms with Crippen molar-refractivity contribution < 1.29 is 23.7 Å². The Balaban J connectivity index is 1.82. The first kappa shape index (κ1) is 19.2. The van der Waals surface area contributed by atoms with Crippen molar-refractivity contribution in [3.8, 4) is 28.7 Å². The Morgan fingerprint density at radius 2 is 1.26 bits per heavy atom. The first-order chi connectivity index (χ1) is 13.1. The third-order valence-electron chi connectivity index (χ3n) is 4.93. The molecule has 1 heterocycles. The molecule has 0 N–H and O–H groups in total. The molecular weight excluding hydrogens is 346 g/mol. The Morgan fingerprint density at radius 1 is 0.704 bits per heavy atom. The fourth-order valence-electron chi connectivity index (χ4n) is 3.56. The van der Waals surface area contributed by atoms with Crippen LogP contribution in [0.1, 0.15) is 16.7 Å². The number of hydrogen-bond donors (Lipinski definition) is 0. The molecule has 0 saturated carbocycles. The van der Waals surface area contributed by atoms with E-state index in [0.717, 1.165) is 43.1 Å². The minimum absolute atomic E-state index is 0.615. The molecule has 1 aliphatic heterocycles. The summed E-state index contributed by atoms with van der Waals surface area (Å²) in [6.07, 6.45) is 0.972. The van der Waals surface area contributed by atoms with Crippen molar-refractivity contribution >= 4 is 0 Å². The molecule has 2 aromatic rings. The maximum absolute atomic E-state index is 5.47. The van der Waals surface area contributed by atoms with Crippen LogP contribution in [0, 0.1) is 0 Å². The predicted molar refractivity (Wildman–Crippen MR) is 103 cm³/mol. The van der Waals surface area contributed by atoms with E-state index in [1.807, 2.05) is 12.1 Å². The number of rotatable bonds is 7. The molecule has 0 atom stereocenters. The Bertz CT molecular complexity index is 780. The average molecular weight is 373 g/mol. The van der Waals surface area contributed by atoms with E-state index in [1.165, 1.54) is 11.1 Å². The van der Waals surface area contributed by atoms with E-state index in [-0.39, 0.29) is 0 Å². The zero-order chi connectivity index (χ0) is 19.4. The van der Waals surface area contributed by atoms with Crippen LogP contribution < -0.4 is 23.7 Å². The monoisotopic (exact) mass is 373 g/mol. The Hall–Kier alpha value is -2.60. The molecule has 146 valence electrons. The van der Waals surface area contributed by atoms with E-state index in [2.05, 4.69) is 17.0 Å². The molecule has 0 spiro atoms. The molecule has 0 amide bonds. The zero-order valence-electron chi connectivity index (χ0n) is 16.6. The molecule has 0 radical (unpaired) electrons. The van der Waals surface area contributed by atoms with Crippen molar-refractivity contribution in [2.45, 2.75) is 19.5 Å². The summed E-state index contributed by atoms with van der Waals surface area (Å²) in [6.45, 7) is 2.62. The van der Waals surface area contributed by atoms with Crippen LogP contribution >= 0.6 is 0 Å². The molecule has 3 rings (SSSR count). The quantitative estimate of drug-likeness (QED) is 0.742. The van der Waals surface area contributed by atoms with E-state index in [1.54, 1.807) is 35.5 Å². The molecule has 0 bridgehead atoms. The first-order valence-corrected chi connectivity index (χ1v) is 8.88. The topological polar surface area (TPSA) is 49.4 Å². The van der Waals surface area contributed by atoms with Crippen molar-refractivity contribution in [3.63, 3.8) is 0 Å². The normalized spacial score (nSPS) is 13.7. The fourth-order valence-corrected chi connectivity index (χ4v) is 3.56. The highest BCUT2D eigenvalue weighted by Crippen LogP contribution is 2.39. The van der Waals surface area contributed by atoms with Crippen LogP contribution in [0.3, 0.4) is 0 Å². The number of ether oxygens (including phenoxy) is 5. The third-order valence-corrected chi connectivity index (χ3v) is 4.93. The second kappa shape index (κ2) is 8.39. The van der Waals surface area contributed by atoms with Crippen LogP contribution in [0.15, 0.2) is 24.3 Å². The Morgan fingerprint density at radius 3 is 1.78 bits per heavy atom. The zero-order valence-corrected chi connectivity index (χ0v) is 16.6. The van der Waals surface area contributed by atoms with Gasteiger partial charge in [0.25, 0.3) is 0 Å². The Kier molecular flexibility index (Phi) is 5.96. The summed E-state index contributed by atoms with van der Waals surface area (Å²) in [5.41, 5.74) is 3.70. The van der Waals surface area contributed by atoms with Gasteiger partial charge in [0.1, 0.15) is 0 Å². The van der Waals surface area contributed by atoms with Crippen LogP contribution in [0.2, 0.25) is 0 Å². The van der Waals surface area contributed by atoms with Crippen molar-refractivity contribution in [3.05, 3.63) is 41.0 Å². The van der Waals surface area contributed by atoms with Crippen molar-refractivity contribution in [1.29, 1.82) is 0 Å². The molecule has 6 nitrogen and oxygen atoms in total. The second-order valence-electron chi connectivity index (χ2n) is 6.47. The standard InChI is InChI=1S/C21H27NO5/c1-23-17-10-15-6-7-22(13-16(15)11-18(17)24-2)12-14-8-19(25-3)21(27-5)20(9-14)26-4/h8-11H,6-7,12-13H2,1-5H3. The van der Waals surface area contributed by atoms with Gasteiger partial charge < -0.3 is 23.7 Å². The largest absolute Gasteiger partial charge is 0.493 e. The summed E-state index contributed by atoms with van der Waals surface area (Å²) in [4.78, 5) is 2.40. The molecule has 27 heavy (non-hydrogen) atoms. The SMILES string of the molecule is COc1cc2c(cc1OC)CN(Cc1cc(OC)c(OC)c(OC)c1)CC2. The van der Waals surface area contributed by atoms with Gasteiger partial charge in [-0.1, -0.05) is 0 Å². The molecule has 1 aliphatic rings. The molecule has 6 heteroatoms. The highest BCUT2D eigenvalue weighted by Gasteiger charge is 2.21. The van der Waals surface area contributed by atoms with Gasteiger partial charge in [0.15, 0.2) is 23.0 Å². The van der Waals surface area contributed by atoms with E-state index in [0.29, 0.717) is 17.2 Å². The van der Waals surface area contributed by atoms with Crippen LogP contribution in [0.5, 0.6) is 28.7 Å². The van der Waals surface area contributed by atoms with Gasteiger partial charge in [-0.05, 0) is 47.4 Å². The van der Waals surface area contributed by atoms with Crippen LogP contribution in [-0.4, -0.2) is 47.0 Å². The molecule has 0 aromatic heterocycles.